The third-order valence-corrected chi connectivity index (χ3v) is 5.26. The van der Waals surface area contributed by atoms with Crippen LogP contribution in [-0.4, -0.2) is 30.5 Å². The molecule has 0 radical (unpaired) electrons. The molecular formula is C14H14N2O3S2. The highest BCUT2D eigenvalue weighted by atomic mass is 32.1. The normalized spacial score (nSPS) is 18.3. The van der Waals surface area contributed by atoms with Crippen LogP contribution in [0.2, 0.25) is 0 Å². The second-order valence-electron chi connectivity index (χ2n) is 4.85. The highest BCUT2D eigenvalue weighted by Gasteiger charge is 2.37. The number of methoxy groups -OCH3 is 1. The highest BCUT2D eigenvalue weighted by Crippen LogP contribution is 2.34. The first-order valence-electron chi connectivity index (χ1n) is 6.49. The largest absolute Gasteiger partial charge is 0.469 e. The Kier molecular flexibility index (Phi) is 3.77. The molecule has 21 heavy (non-hydrogen) atoms. The van der Waals surface area contributed by atoms with Crippen molar-refractivity contribution in [3.63, 3.8) is 0 Å². The fraction of sp³-hybridized carbons (Fsp3) is 0.357. The van der Waals surface area contributed by atoms with Gasteiger partial charge in [0, 0.05) is 23.2 Å². The molecule has 0 aliphatic carbocycles. The van der Waals surface area contributed by atoms with E-state index in [2.05, 4.69) is 4.98 Å². The van der Waals surface area contributed by atoms with E-state index in [1.165, 1.54) is 23.3 Å². The average molecular weight is 322 g/mol. The van der Waals surface area contributed by atoms with E-state index in [-0.39, 0.29) is 24.2 Å². The number of thiazole rings is 1. The van der Waals surface area contributed by atoms with Crippen molar-refractivity contribution >= 4 is 39.7 Å². The van der Waals surface area contributed by atoms with Gasteiger partial charge in [-0.15, -0.1) is 22.7 Å². The molecule has 110 valence electrons. The third kappa shape index (κ3) is 2.71. The van der Waals surface area contributed by atoms with Crippen LogP contribution >= 0.6 is 22.7 Å². The Morgan fingerprint density at radius 2 is 2.29 bits per heavy atom. The number of thiophene rings is 1. The molecule has 1 saturated heterocycles. The molecule has 1 aliphatic rings. The molecule has 3 heterocycles. The first-order valence-corrected chi connectivity index (χ1v) is 8.18. The van der Waals surface area contributed by atoms with Crippen LogP contribution in [0.3, 0.4) is 0 Å². The third-order valence-electron chi connectivity index (χ3n) is 3.38. The molecule has 7 heteroatoms. The summed E-state index contributed by atoms with van der Waals surface area (Å²) in [6, 6.07) is 4.08. The van der Waals surface area contributed by atoms with E-state index in [9.17, 15) is 9.59 Å². The van der Waals surface area contributed by atoms with E-state index in [0.29, 0.717) is 11.7 Å². The average Bonchev–Trinajstić information content (AvgIpc) is 3.16. The number of amides is 1. The van der Waals surface area contributed by atoms with Crippen LogP contribution in [0.1, 0.15) is 11.3 Å². The van der Waals surface area contributed by atoms with E-state index >= 15 is 0 Å². The van der Waals surface area contributed by atoms with Crippen molar-refractivity contribution in [1.29, 1.82) is 0 Å². The smallest absolute Gasteiger partial charge is 0.311 e. The summed E-state index contributed by atoms with van der Waals surface area (Å²) in [4.78, 5) is 32.0. The van der Waals surface area contributed by atoms with Crippen molar-refractivity contribution < 1.29 is 14.3 Å². The number of hydrogen-bond donors (Lipinski definition) is 0. The van der Waals surface area contributed by atoms with Gasteiger partial charge in [0.25, 0.3) is 0 Å². The molecule has 0 aromatic carbocycles. The fourth-order valence-corrected chi connectivity index (χ4v) is 4.04. The molecular weight excluding hydrogens is 308 g/mol. The second-order valence-corrected chi connectivity index (χ2v) is 6.98. The molecule has 0 N–H and O–H groups in total. The highest BCUT2D eigenvalue weighted by molar-refractivity contribution is 7.17. The summed E-state index contributed by atoms with van der Waals surface area (Å²) in [5, 5.41) is 2.59. The monoisotopic (exact) mass is 322 g/mol. The molecule has 0 saturated carbocycles. The zero-order valence-electron chi connectivity index (χ0n) is 11.7. The molecule has 2 aromatic rings. The van der Waals surface area contributed by atoms with Gasteiger partial charge in [0.2, 0.25) is 5.91 Å². The van der Waals surface area contributed by atoms with Crippen molar-refractivity contribution in [3.8, 4) is 10.6 Å². The molecule has 1 fully saturated rings. The van der Waals surface area contributed by atoms with E-state index < -0.39 is 0 Å². The lowest BCUT2D eigenvalue weighted by atomic mass is 10.1. The van der Waals surface area contributed by atoms with E-state index in [4.69, 9.17) is 4.74 Å². The molecule has 3 rings (SSSR count). The predicted molar refractivity (Wildman–Crippen MR) is 82.6 cm³/mol. The van der Waals surface area contributed by atoms with Gasteiger partial charge < -0.3 is 4.74 Å². The topological polar surface area (TPSA) is 59.5 Å². The minimum atomic E-state index is -0.390. The molecule has 1 unspecified atom stereocenters. The van der Waals surface area contributed by atoms with Gasteiger partial charge in [-0.2, -0.15) is 0 Å². The first-order chi connectivity index (χ1) is 10.1. The van der Waals surface area contributed by atoms with E-state index in [1.807, 2.05) is 24.4 Å². The number of anilines is 1. The van der Waals surface area contributed by atoms with Gasteiger partial charge in [-0.3, -0.25) is 14.5 Å². The summed E-state index contributed by atoms with van der Waals surface area (Å²) >= 11 is 3.10. The second kappa shape index (κ2) is 5.57. The maximum atomic E-state index is 12.0. The summed E-state index contributed by atoms with van der Waals surface area (Å²) < 4.78 is 4.71. The minimum absolute atomic E-state index is 0.0753. The molecule has 1 amide bonds. The van der Waals surface area contributed by atoms with Crippen LogP contribution < -0.4 is 4.90 Å². The van der Waals surface area contributed by atoms with Crippen LogP contribution in [0.25, 0.3) is 10.6 Å². The summed E-state index contributed by atoms with van der Waals surface area (Å²) in [6.07, 6.45) is 0.194. The Morgan fingerprint density at radius 1 is 1.48 bits per heavy atom. The van der Waals surface area contributed by atoms with Crippen LogP contribution in [0, 0.1) is 12.8 Å². The number of carbonyl (C=O) groups excluding carboxylic acids is 2. The van der Waals surface area contributed by atoms with Crippen LogP contribution in [0.5, 0.6) is 0 Å². The van der Waals surface area contributed by atoms with Crippen LogP contribution in [0.4, 0.5) is 5.13 Å². The Balaban J connectivity index is 1.80. The van der Waals surface area contributed by atoms with Gasteiger partial charge in [0.15, 0.2) is 5.13 Å². The van der Waals surface area contributed by atoms with E-state index in [0.717, 1.165) is 10.6 Å². The van der Waals surface area contributed by atoms with E-state index in [1.54, 1.807) is 16.2 Å². The lowest BCUT2D eigenvalue weighted by Crippen LogP contribution is -2.26. The number of esters is 1. The zero-order valence-corrected chi connectivity index (χ0v) is 13.3. The number of aromatic nitrogens is 1. The van der Waals surface area contributed by atoms with Gasteiger partial charge in [0.05, 0.1) is 23.6 Å². The lowest BCUT2D eigenvalue weighted by Gasteiger charge is -2.11. The Bertz CT molecular complexity index is 692. The molecule has 1 atom stereocenters. The quantitative estimate of drug-likeness (QED) is 0.815. The summed E-state index contributed by atoms with van der Waals surface area (Å²) in [5.41, 5.74) is 0.877. The predicted octanol–water partition coefficient (Wildman–Crippen LogP) is 2.71. The molecule has 0 bridgehead atoms. The zero-order chi connectivity index (χ0) is 15.0. The Hall–Kier alpha value is -1.73. The minimum Gasteiger partial charge on any atom is -0.469 e. The first kappa shape index (κ1) is 14.2. The Labute approximate surface area is 130 Å². The van der Waals surface area contributed by atoms with Crippen molar-refractivity contribution in [2.24, 2.45) is 5.92 Å². The van der Waals surface area contributed by atoms with Crippen molar-refractivity contribution in [2.45, 2.75) is 13.3 Å². The summed E-state index contributed by atoms with van der Waals surface area (Å²) in [7, 11) is 1.34. The maximum absolute atomic E-state index is 12.0. The van der Waals surface area contributed by atoms with Crippen LogP contribution in [0.15, 0.2) is 17.5 Å². The number of rotatable bonds is 3. The van der Waals surface area contributed by atoms with Gasteiger partial charge in [-0.05, 0) is 19.1 Å². The van der Waals surface area contributed by atoms with Gasteiger partial charge in [-0.25, -0.2) is 4.98 Å². The summed E-state index contributed by atoms with van der Waals surface area (Å²) in [5.74, 6) is -0.802. The van der Waals surface area contributed by atoms with Gasteiger partial charge in [-0.1, -0.05) is 0 Å². The SMILES string of the molecule is COC(=O)C1CC(=O)N(c2nc(-c3ccc(C)s3)cs2)C1. The summed E-state index contributed by atoms with van der Waals surface area (Å²) in [6.45, 7) is 2.40. The number of hydrogen-bond acceptors (Lipinski definition) is 6. The standard InChI is InChI=1S/C14H14N2O3S2/c1-8-3-4-11(21-8)10-7-20-14(15-10)16-6-9(5-12(16)17)13(18)19-2/h3-4,7,9H,5-6H2,1-2H3. The van der Waals surface area contributed by atoms with Crippen LogP contribution in [-0.2, 0) is 14.3 Å². The number of ether oxygens (including phenoxy) is 1. The number of carbonyl (C=O) groups is 2. The fourth-order valence-electron chi connectivity index (χ4n) is 2.29. The number of aryl methyl sites for hydroxylation is 1. The van der Waals surface area contributed by atoms with Gasteiger partial charge in [0.1, 0.15) is 0 Å². The maximum Gasteiger partial charge on any atom is 0.311 e. The Morgan fingerprint density at radius 3 is 2.95 bits per heavy atom. The van der Waals surface area contributed by atoms with Crippen molar-refractivity contribution in [2.75, 3.05) is 18.6 Å². The van der Waals surface area contributed by atoms with Gasteiger partial charge >= 0.3 is 5.97 Å². The molecule has 2 aromatic heterocycles. The molecule has 0 spiro atoms. The molecule has 1 aliphatic heterocycles. The molecule has 5 nitrogen and oxygen atoms in total. The van der Waals surface area contributed by atoms with Crippen molar-refractivity contribution in [1.82, 2.24) is 4.98 Å². The van der Waals surface area contributed by atoms with Crippen molar-refractivity contribution in [3.05, 3.63) is 22.4 Å². The lowest BCUT2D eigenvalue weighted by molar-refractivity contribution is -0.145. The number of nitrogens with zero attached hydrogens (tertiary/aromatic N) is 2.